The van der Waals surface area contributed by atoms with Crippen LogP contribution >= 0.6 is 23.4 Å². The van der Waals surface area contributed by atoms with E-state index in [1.54, 1.807) is 6.07 Å². The van der Waals surface area contributed by atoms with Crippen LogP contribution < -0.4 is 10.6 Å². The summed E-state index contributed by atoms with van der Waals surface area (Å²) in [4.78, 5) is 26.5. The topological polar surface area (TPSA) is 58.2 Å². The second kappa shape index (κ2) is 11.7. The first kappa shape index (κ1) is 24.6. The number of carbonyl (C=O) groups is 2. The summed E-state index contributed by atoms with van der Waals surface area (Å²) in [6.07, 6.45) is 0.316. The smallest absolute Gasteiger partial charge is 0.242 e. The average Bonchev–Trinajstić information content (AvgIpc) is 2.87. The summed E-state index contributed by atoms with van der Waals surface area (Å²) < 4.78 is 0. The van der Waals surface area contributed by atoms with Gasteiger partial charge in [-0.05, 0) is 60.0 Å². The zero-order valence-electron chi connectivity index (χ0n) is 19.2. The van der Waals surface area contributed by atoms with Crippen molar-refractivity contribution in [3.05, 3.63) is 125 Å². The maximum Gasteiger partial charge on any atom is 0.242 e. The summed E-state index contributed by atoms with van der Waals surface area (Å²) in [7, 11) is 0. The van der Waals surface area contributed by atoms with E-state index < -0.39 is 5.25 Å². The highest BCUT2D eigenvalue weighted by Gasteiger charge is 2.22. The van der Waals surface area contributed by atoms with Crippen molar-refractivity contribution in [2.45, 2.75) is 23.5 Å². The van der Waals surface area contributed by atoms with Crippen LogP contribution in [0.4, 0.5) is 11.4 Å². The molecule has 6 heteroatoms. The van der Waals surface area contributed by atoms with Crippen LogP contribution in [0.25, 0.3) is 0 Å². The molecule has 1 atom stereocenters. The van der Waals surface area contributed by atoms with Crippen molar-refractivity contribution in [2.24, 2.45) is 0 Å². The van der Waals surface area contributed by atoms with Crippen molar-refractivity contribution in [2.75, 3.05) is 10.6 Å². The lowest BCUT2D eigenvalue weighted by Gasteiger charge is -2.18. The van der Waals surface area contributed by atoms with Crippen molar-refractivity contribution in [1.29, 1.82) is 0 Å². The predicted molar refractivity (Wildman–Crippen MR) is 145 cm³/mol. The number of halogens is 1. The Hall–Kier alpha value is -3.54. The third kappa shape index (κ3) is 6.98. The van der Waals surface area contributed by atoms with E-state index in [2.05, 4.69) is 10.6 Å². The average molecular weight is 501 g/mol. The quantitative estimate of drug-likeness (QED) is 0.249. The number of anilines is 2. The predicted octanol–water partition coefficient (Wildman–Crippen LogP) is 7.30. The number of nitrogens with one attached hydrogen (secondary N) is 2. The Morgan fingerprint density at radius 2 is 1.43 bits per heavy atom. The van der Waals surface area contributed by atoms with Gasteiger partial charge in [-0.3, -0.25) is 9.59 Å². The van der Waals surface area contributed by atoms with E-state index in [1.807, 2.05) is 104 Å². The Labute approximate surface area is 214 Å². The lowest BCUT2D eigenvalue weighted by Crippen LogP contribution is -2.19. The van der Waals surface area contributed by atoms with Gasteiger partial charge in [0.25, 0.3) is 0 Å². The molecule has 4 rings (SSSR count). The normalized spacial score (nSPS) is 11.5. The van der Waals surface area contributed by atoms with E-state index in [9.17, 15) is 9.59 Å². The third-order valence-corrected chi connectivity index (χ3v) is 7.05. The molecule has 1 unspecified atom stereocenters. The first-order chi connectivity index (χ1) is 17.0. The second-order valence-corrected chi connectivity index (χ2v) is 9.68. The molecule has 0 aromatic heterocycles. The van der Waals surface area contributed by atoms with E-state index >= 15 is 0 Å². The first-order valence-electron chi connectivity index (χ1n) is 11.2. The van der Waals surface area contributed by atoms with Crippen LogP contribution in [0.15, 0.2) is 108 Å². The molecule has 35 heavy (non-hydrogen) atoms. The van der Waals surface area contributed by atoms with Gasteiger partial charge in [0, 0.05) is 21.3 Å². The fourth-order valence-electron chi connectivity index (χ4n) is 3.52. The molecule has 176 valence electrons. The molecule has 0 saturated heterocycles. The number of rotatable bonds is 8. The number of hydrogen-bond acceptors (Lipinski definition) is 3. The van der Waals surface area contributed by atoms with Gasteiger partial charge in [-0.15, -0.1) is 11.8 Å². The summed E-state index contributed by atoms with van der Waals surface area (Å²) in [5.74, 6) is -0.212. The molecule has 0 saturated carbocycles. The van der Waals surface area contributed by atoms with Gasteiger partial charge in [0.05, 0.1) is 6.42 Å². The van der Waals surface area contributed by atoms with Gasteiger partial charge in [0.2, 0.25) is 11.8 Å². The first-order valence-corrected chi connectivity index (χ1v) is 12.5. The summed E-state index contributed by atoms with van der Waals surface area (Å²) in [5.41, 5.74) is 4.18. The van der Waals surface area contributed by atoms with Gasteiger partial charge in [-0.25, -0.2) is 0 Å². The number of carbonyl (C=O) groups excluding carboxylic acids is 2. The van der Waals surface area contributed by atoms with Gasteiger partial charge in [-0.2, -0.15) is 0 Å². The number of amides is 2. The maximum absolute atomic E-state index is 13.3. The van der Waals surface area contributed by atoms with Crippen LogP contribution in [0.5, 0.6) is 0 Å². The Morgan fingerprint density at radius 3 is 2.09 bits per heavy atom. The Morgan fingerprint density at radius 1 is 0.800 bits per heavy atom. The highest BCUT2D eigenvalue weighted by Crippen LogP contribution is 2.37. The zero-order valence-corrected chi connectivity index (χ0v) is 20.8. The highest BCUT2D eigenvalue weighted by atomic mass is 35.5. The van der Waals surface area contributed by atoms with Crippen molar-refractivity contribution in [3.63, 3.8) is 0 Å². The van der Waals surface area contributed by atoms with Crippen molar-refractivity contribution in [3.8, 4) is 0 Å². The van der Waals surface area contributed by atoms with Crippen LogP contribution in [-0.2, 0) is 16.0 Å². The lowest BCUT2D eigenvalue weighted by atomic mass is 10.1. The van der Waals surface area contributed by atoms with Gasteiger partial charge in [0.1, 0.15) is 5.25 Å². The molecule has 4 nitrogen and oxygen atoms in total. The third-order valence-electron chi connectivity index (χ3n) is 5.38. The van der Waals surface area contributed by atoms with Crippen LogP contribution in [0.1, 0.15) is 21.9 Å². The minimum absolute atomic E-state index is 0.0742. The molecular weight excluding hydrogens is 476 g/mol. The summed E-state index contributed by atoms with van der Waals surface area (Å²) >= 11 is 7.68. The minimum atomic E-state index is -0.463. The molecule has 0 aliphatic heterocycles. The SMILES string of the molecule is Cc1ccc(NC(=O)C(Sc2ccc(NC(=O)Cc3ccccc3)cc2)c2ccccc2)cc1Cl. The van der Waals surface area contributed by atoms with E-state index in [0.29, 0.717) is 22.8 Å². The fraction of sp³-hybridized carbons (Fsp3) is 0.103. The Balaban J connectivity index is 1.45. The van der Waals surface area contributed by atoms with Crippen LogP contribution in [-0.4, -0.2) is 11.8 Å². The van der Waals surface area contributed by atoms with Crippen molar-refractivity contribution in [1.82, 2.24) is 0 Å². The monoisotopic (exact) mass is 500 g/mol. The largest absolute Gasteiger partial charge is 0.326 e. The molecule has 0 aliphatic rings. The van der Waals surface area contributed by atoms with E-state index in [-0.39, 0.29) is 11.8 Å². The molecule has 0 radical (unpaired) electrons. The minimum Gasteiger partial charge on any atom is -0.326 e. The second-order valence-electron chi connectivity index (χ2n) is 8.10. The number of aryl methyl sites for hydroxylation is 1. The zero-order chi connectivity index (χ0) is 24.6. The number of benzene rings is 4. The fourth-order valence-corrected chi connectivity index (χ4v) is 4.72. The molecule has 2 amide bonds. The van der Waals surface area contributed by atoms with E-state index in [4.69, 9.17) is 11.6 Å². The Bertz CT molecular complexity index is 1300. The molecule has 2 N–H and O–H groups in total. The van der Waals surface area contributed by atoms with Gasteiger partial charge in [0.15, 0.2) is 0 Å². The van der Waals surface area contributed by atoms with Gasteiger partial charge >= 0.3 is 0 Å². The molecule has 0 bridgehead atoms. The van der Waals surface area contributed by atoms with Crippen LogP contribution in [0.2, 0.25) is 5.02 Å². The molecular formula is C29H25ClN2O2S. The highest BCUT2D eigenvalue weighted by molar-refractivity contribution is 8.00. The Kier molecular flexibility index (Phi) is 8.24. The molecule has 0 heterocycles. The van der Waals surface area contributed by atoms with Gasteiger partial charge < -0.3 is 10.6 Å². The number of thioether (sulfide) groups is 1. The molecule has 0 spiro atoms. The summed E-state index contributed by atoms with van der Waals surface area (Å²) in [5, 5.41) is 6.06. The molecule has 0 aliphatic carbocycles. The number of hydrogen-bond donors (Lipinski definition) is 2. The molecule has 4 aromatic carbocycles. The van der Waals surface area contributed by atoms with Crippen molar-refractivity contribution >= 4 is 46.6 Å². The maximum atomic E-state index is 13.3. The summed E-state index contributed by atoms with van der Waals surface area (Å²) in [6, 6.07) is 32.3. The summed E-state index contributed by atoms with van der Waals surface area (Å²) in [6.45, 7) is 1.92. The molecule has 4 aromatic rings. The lowest BCUT2D eigenvalue weighted by molar-refractivity contribution is -0.116. The molecule has 0 fully saturated rings. The van der Waals surface area contributed by atoms with Gasteiger partial charge in [-0.1, -0.05) is 78.3 Å². The van der Waals surface area contributed by atoms with Crippen molar-refractivity contribution < 1.29 is 9.59 Å². The van der Waals surface area contributed by atoms with Crippen LogP contribution in [0.3, 0.4) is 0 Å². The van der Waals surface area contributed by atoms with E-state index in [0.717, 1.165) is 21.6 Å². The van der Waals surface area contributed by atoms with Crippen LogP contribution in [0, 0.1) is 6.92 Å². The van der Waals surface area contributed by atoms with E-state index in [1.165, 1.54) is 11.8 Å². The standard InChI is InChI=1S/C29H25ClN2O2S/c1-20-12-13-24(19-26(20)30)32-29(34)28(22-10-6-3-7-11-22)35-25-16-14-23(15-17-25)31-27(33)18-21-8-4-2-5-9-21/h2-17,19,28H,18H2,1H3,(H,31,33)(H,32,34).